The first kappa shape index (κ1) is 16.9. The van der Waals surface area contributed by atoms with Crippen LogP contribution in [0.3, 0.4) is 0 Å². The molecule has 1 aromatic rings. The summed E-state index contributed by atoms with van der Waals surface area (Å²) in [5, 5.41) is 2.59. The Balaban J connectivity index is 2.84. The van der Waals surface area contributed by atoms with E-state index >= 15 is 0 Å². The molecule has 116 valence electrons. The number of hydrogen-bond donors (Lipinski definition) is 1. The lowest BCUT2D eigenvalue weighted by atomic mass is 10.0. The summed E-state index contributed by atoms with van der Waals surface area (Å²) < 4.78 is 22.7. The van der Waals surface area contributed by atoms with Crippen molar-refractivity contribution in [2.75, 3.05) is 7.11 Å². The van der Waals surface area contributed by atoms with Gasteiger partial charge in [0.15, 0.2) is 0 Å². The lowest BCUT2D eigenvalue weighted by molar-refractivity contribution is -0.141. The molecular weight excluding hydrogens is 277 g/mol. The second kappa shape index (κ2) is 7.06. The van der Waals surface area contributed by atoms with Crippen molar-refractivity contribution < 1.29 is 23.5 Å². The molecule has 0 aromatic heterocycles. The van der Waals surface area contributed by atoms with Gasteiger partial charge in [0.05, 0.1) is 19.6 Å². The van der Waals surface area contributed by atoms with Crippen molar-refractivity contribution >= 4 is 12.1 Å². The molecule has 1 atom stereocenters. The predicted molar refractivity (Wildman–Crippen MR) is 75.1 cm³/mol. The van der Waals surface area contributed by atoms with Crippen LogP contribution in [0.15, 0.2) is 24.3 Å². The minimum absolute atomic E-state index is 0.0681. The quantitative estimate of drug-likeness (QED) is 0.868. The van der Waals surface area contributed by atoms with Crippen LogP contribution in [-0.4, -0.2) is 24.8 Å². The molecule has 1 N–H and O–H groups in total. The minimum atomic E-state index is -0.652. The molecule has 0 heterocycles. The number of amides is 1. The van der Waals surface area contributed by atoms with Crippen LogP contribution in [-0.2, 0) is 14.3 Å². The van der Waals surface area contributed by atoms with Gasteiger partial charge in [-0.25, -0.2) is 9.18 Å². The van der Waals surface area contributed by atoms with Crippen LogP contribution in [0.1, 0.15) is 38.8 Å². The van der Waals surface area contributed by atoms with Crippen molar-refractivity contribution in [3.05, 3.63) is 35.6 Å². The molecule has 5 nitrogen and oxygen atoms in total. The highest BCUT2D eigenvalue weighted by Crippen LogP contribution is 2.19. The first-order valence-corrected chi connectivity index (χ1v) is 6.53. The molecule has 0 aliphatic rings. The number of methoxy groups -OCH3 is 1. The first-order chi connectivity index (χ1) is 9.71. The maximum absolute atomic E-state index is 13.0. The van der Waals surface area contributed by atoms with Gasteiger partial charge in [0, 0.05) is 0 Å². The smallest absolute Gasteiger partial charge is 0.408 e. The van der Waals surface area contributed by atoms with Crippen LogP contribution >= 0.6 is 0 Å². The number of hydrogen-bond acceptors (Lipinski definition) is 4. The van der Waals surface area contributed by atoms with Gasteiger partial charge in [-0.2, -0.15) is 0 Å². The van der Waals surface area contributed by atoms with Crippen LogP contribution in [0.25, 0.3) is 0 Å². The van der Waals surface area contributed by atoms with E-state index in [1.165, 1.54) is 31.4 Å². The van der Waals surface area contributed by atoms with E-state index in [1.54, 1.807) is 20.8 Å². The van der Waals surface area contributed by atoms with Gasteiger partial charge < -0.3 is 14.8 Å². The van der Waals surface area contributed by atoms with Gasteiger partial charge in [0.25, 0.3) is 0 Å². The summed E-state index contributed by atoms with van der Waals surface area (Å²) in [5.74, 6) is -0.881. The Bertz CT molecular complexity index is 493. The van der Waals surface area contributed by atoms with Gasteiger partial charge in [-0.15, -0.1) is 0 Å². The number of nitrogens with one attached hydrogen (secondary N) is 1. The monoisotopic (exact) mass is 297 g/mol. The van der Waals surface area contributed by atoms with Crippen molar-refractivity contribution in [1.29, 1.82) is 0 Å². The van der Waals surface area contributed by atoms with Gasteiger partial charge in [-0.05, 0) is 38.5 Å². The fourth-order valence-corrected chi connectivity index (χ4v) is 1.65. The van der Waals surface area contributed by atoms with Crippen molar-refractivity contribution in [2.24, 2.45) is 0 Å². The lowest BCUT2D eigenvalue weighted by Gasteiger charge is -2.23. The van der Waals surface area contributed by atoms with Crippen LogP contribution in [0, 0.1) is 5.82 Å². The molecule has 0 saturated heterocycles. The molecule has 0 bridgehead atoms. The van der Waals surface area contributed by atoms with Crippen molar-refractivity contribution in [3.8, 4) is 0 Å². The third kappa shape index (κ3) is 6.25. The first-order valence-electron chi connectivity index (χ1n) is 6.53. The summed E-state index contributed by atoms with van der Waals surface area (Å²) in [6.45, 7) is 5.21. The molecule has 0 aliphatic carbocycles. The molecule has 0 saturated carbocycles. The Morgan fingerprint density at radius 2 is 1.81 bits per heavy atom. The highest BCUT2D eigenvalue weighted by Gasteiger charge is 2.22. The highest BCUT2D eigenvalue weighted by molar-refractivity contribution is 5.73. The number of carbonyl (C=O) groups is 2. The largest absolute Gasteiger partial charge is 0.469 e. The Labute approximate surface area is 123 Å². The Kier molecular flexibility index (Phi) is 5.69. The highest BCUT2D eigenvalue weighted by atomic mass is 19.1. The molecule has 21 heavy (non-hydrogen) atoms. The van der Waals surface area contributed by atoms with Gasteiger partial charge >= 0.3 is 12.1 Å². The van der Waals surface area contributed by atoms with E-state index < -0.39 is 29.5 Å². The third-order valence-electron chi connectivity index (χ3n) is 2.56. The Morgan fingerprint density at radius 1 is 1.24 bits per heavy atom. The summed E-state index contributed by atoms with van der Waals surface area (Å²) in [5.41, 5.74) is -0.0597. The zero-order valence-electron chi connectivity index (χ0n) is 12.6. The number of halogens is 1. The topological polar surface area (TPSA) is 64.6 Å². The minimum Gasteiger partial charge on any atom is -0.469 e. The molecule has 6 heteroatoms. The average molecular weight is 297 g/mol. The number of esters is 1. The number of carbonyl (C=O) groups excluding carboxylic acids is 2. The predicted octanol–water partition coefficient (Wildman–Crippen LogP) is 2.95. The zero-order chi connectivity index (χ0) is 16.0. The molecule has 1 amide bonds. The van der Waals surface area contributed by atoms with E-state index in [9.17, 15) is 14.0 Å². The van der Waals surface area contributed by atoms with Crippen molar-refractivity contribution in [2.45, 2.75) is 38.8 Å². The summed E-state index contributed by atoms with van der Waals surface area (Å²) >= 11 is 0. The van der Waals surface area contributed by atoms with E-state index in [0.29, 0.717) is 5.56 Å². The Hall–Kier alpha value is -2.11. The molecule has 1 unspecified atom stereocenters. The summed E-state index contributed by atoms with van der Waals surface area (Å²) in [6, 6.07) is 4.88. The fourth-order valence-electron chi connectivity index (χ4n) is 1.65. The zero-order valence-corrected chi connectivity index (χ0v) is 12.6. The van der Waals surface area contributed by atoms with Gasteiger partial charge in [0.2, 0.25) is 0 Å². The number of ether oxygens (including phenoxy) is 2. The molecule has 0 spiro atoms. The maximum Gasteiger partial charge on any atom is 0.408 e. The van der Waals surface area contributed by atoms with E-state index in [1.807, 2.05) is 0 Å². The summed E-state index contributed by atoms with van der Waals surface area (Å²) in [6.07, 6.45) is -0.720. The van der Waals surface area contributed by atoms with Gasteiger partial charge in [-0.3, -0.25) is 4.79 Å². The molecule has 1 rings (SSSR count). The molecule has 0 aliphatic heterocycles. The summed E-state index contributed by atoms with van der Waals surface area (Å²) in [7, 11) is 1.26. The van der Waals surface area contributed by atoms with E-state index in [2.05, 4.69) is 10.1 Å². The second-order valence-corrected chi connectivity index (χ2v) is 5.53. The fraction of sp³-hybridized carbons (Fsp3) is 0.467. The van der Waals surface area contributed by atoms with Crippen LogP contribution < -0.4 is 5.32 Å². The van der Waals surface area contributed by atoms with E-state index in [4.69, 9.17) is 4.74 Å². The standard InChI is InChI=1S/C15H20FNO4/c1-15(2,3)21-14(19)17-12(9-13(18)20-4)10-5-7-11(16)8-6-10/h5-8,12H,9H2,1-4H3,(H,17,19). The normalized spacial score (nSPS) is 12.4. The molecule has 1 aromatic carbocycles. The lowest BCUT2D eigenvalue weighted by Crippen LogP contribution is -2.36. The number of rotatable bonds is 4. The molecule has 0 radical (unpaired) electrons. The van der Waals surface area contributed by atoms with Crippen molar-refractivity contribution in [1.82, 2.24) is 5.32 Å². The number of alkyl carbamates (subject to hydrolysis) is 1. The molecule has 0 fully saturated rings. The second-order valence-electron chi connectivity index (χ2n) is 5.53. The third-order valence-corrected chi connectivity index (χ3v) is 2.56. The van der Waals surface area contributed by atoms with Gasteiger partial charge in [0.1, 0.15) is 11.4 Å². The van der Waals surface area contributed by atoms with Gasteiger partial charge in [-0.1, -0.05) is 12.1 Å². The van der Waals surface area contributed by atoms with Crippen LogP contribution in [0.5, 0.6) is 0 Å². The van der Waals surface area contributed by atoms with Crippen molar-refractivity contribution in [3.63, 3.8) is 0 Å². The maximum atomic E-state index is 13.0. The van der Waals surface area contributed by atoms with E-state index in [-0.39, 0.29) is 6.42 Å². The Morgan fingerprint density at radius 3 is 2.29 bits per heavy atom. The van der Waals surface area contributed by atoms with Crippen LogP contribution in [0.4, 0.5) is 9.18 Å². The summed E-state index contributed by atoms with van der Waals surface area (Å²) in [4.78, 5) is 23.3. The number of benzene rings is 1. The van der Waals surface area contributed by atoms with E-state index in [0.717, 1.165) is 0 Å². The SMILES string of the molecule is COC(=O)CC(NC(=O)OC(C)(C)C)c1ccc(F)cc1. The van der Waals surface area contributed by atoms with Crippen LogP contribution in [0.2, 0.25) is 0 Å². The average Bonchev–Trinajstić information content (AvgIpc) is 2.36. The molecular formula is C15H20FNO4.